The summed E-state index contributed by atoms with van der Waals surface area (Å²) in [5, 5.41) is 12.9. The van der Waals surface area contributed by atoms with Crippen LogP contribution in [0.3, 0.4) is 0 Å². The van der Waals surface area contributed by atoms with E-state index in [0.717, 1.165) is 30.1 Å². The first kappa shape index (κ1) is 13.8. The Hall–Kier alpha value is -2.15. The van der Waals surface area contributed by atoms with Gasteiger partial charge in [0.2, 0.25) is 5.89 Å². The molecular formula is C17H19N3O. The number of nitrogens with zero attached hydrogens (tertiary/aromatic N) is 3. The lowest BCUT2D eigenvalue weighted by molar-refractivity contribution is 0.324. The molecule has 0 saturated heterocycles. The number of hydrogen-bond donors (Lipinski definition) is 0. The molecule has 1 heterocycles. The van der Waals surface area contributed by atoms with E-state index in [4.69, 9.17) is 9.78 Å². The highest BCUT2D eigenvalue weighted by Crippen LogP contribution is 2.34. The minimum atomic E-state index is 0.458. The Morgan fingerprint density at radius 2 is 1.90 bits per heavy atom. The van der Waals surface area contributed by atoms with Crippen molar-refractivity contribution in [3.63, 3.8) is 0 Å². The van der Waals surface area contributed by atoms with E-state index in [9.17, 15) is 0 Å². The van der Waals surface area contributed by atoms with Crippen LogP contribution in [0.4, 0.5) is 0 Å². The van der Waals surface area contributed by atoms with Gasteiger partial charge < -0.3 is 4.52 Å². The molecule has 1 aliphatic carbocycles. The molecule has 1 fully saturated rings. The molecule has 0 N–H and O–H groups in total. The van der Waals surface area contributed by atoms with Crippen molar-refractivity contribution in [1.82, 2.24) is 10.1 Å². The molecule has 4 heteroatoms. The molecule has 0 aliphatic heterocycles. The first-order chi connectivity index (χ1) is 10.2. The van der Waals surface area contributed by atoms with E-state index < -0.39 is 0 Å². The van der Waals surface area contributed by atoms with Crippen LogP contribution in [0.25, 0.3) is 0 Å². The van der Waals surface area contributed by atoms with E-state index in [1.807, 2.05) is 24.3 Å². The zero-order valence-electron chi connectivity index (χ0n) is 12.2. The average Bonchev–Trinajstić information content (AvgIpc) is 2.97. The van der Waals surface area contributed by atoms with Crippen LogP contribution in [0, 0.1) is 17.2 Å². The summed E-state index contributed by atoms with van der Waals surface area (Å²) < 4.78 is 5.38. The largest absolute Gasteiger partial charge is 0.339 e. The SMILES string of the molecule is CC1CCC(c2noc(Cc3ccc(C#N)cc3)n2)CC1. The van der Waals surface area contributed by atoms with Gasteiger partial charge in [0.25, 0.3) is 0 Å². The highest BCUT2D eigenvalue weighted by molar-refractivity contribution is 5.32. The molecule has 21 heavy (non-hydrogen) atoms. The zero-order chi connectivity index (χ0) is 14.7. The minimum absolute atomic E-state index is 0.458. The van der Waals surface area contributed by atoms with Gasteiger partial charge in [-0.05, 0) is 36.5 Å². The third-order valence-corrected chi connectivity index (χ3v) is 4.30. The van der Waals surface area contributed by atoms with Gasteiger partial charge >= 0.3 is 0 Å². The van der Waals surface area contributed by atoms with Crippen LogP contribution in [-0.4, -0.2) is 10.1 Å². The van der Waals surface area contributed by atoms with Crippen LogP contribution < -0.4 is 0 Å². The highest BCUT2D eigenvalue weighted by Gasteiger charge is 2.23. The topological polar surface area (TPSA) is 62.7 Å². The third kappa shape index (κ3) is 3.30. The Kier molecular flexibility index (Phi) is 4.01. The number of rotatable bonds is 3. The summed E-state index contributed by atoms with van der Waals surface area (Å²) in [5.41, 5.74) is 1.75. The predicted octanol–water partition coefficient (Wildman–Crippen LogP) is 3.83. The van der Waals surface area contributed by atoms with Crippen LogP contribution in [-0.2, 0) is 6.42 Å². The van der Waals surface area contributed by atoms with E-state index in [1.165, 1.54) is 12.8 Å². The Labute approximate surface area is 124 Å². The van der Waals surface area contributed by atoms with E-state index in [1.54, 1.807) is 0 Å². The van der Waals surface area contributed by atoms with Gasteiger partial charge in [-0.25, -0.2) is 0 Å². The second-order valence-electron chi connectivity index (χ2n) is 5.99. The maximum atomic E-state index is 8.79. The maximum absolute atomic E-state index is 8.79. The number of hydrogen-bond acceptors (Lipinski definition) is 4. The second-order valence-corrected chi connectivity index (χ2v) is 5.99. The maximum Gasteiger partial charge on any atom is 0.231 e. The molecule has 0 spiro atoms. The molecule has 0 amide bonds. The average molecular weight is 281 g/mol. The quantitative estimate of drug-likeness (QED) is 0.857. The van der Waals surface area contributed by atoms with Crippen LogP contribution in [0.2, 0.25) is 0 Å². The smallest absolute Gasteiger partial charge is 0.231 e. The summed E-state index contributed by atoms with van der Waals surface area (Å²) in [7, 11) is 0. The highest BCUT2D eigenvalue weighted by atomic mass is 16.5. The summed E-state index contributed by atoms with van der Waals surface area (Å²) in [5.74, 6) is 2.81. The Balaban J connectivity index is 1.66. The second kappa shape index (κ2) is 6.09. The molecule has 0 bridgehead atoms. The molecule has 2 aromatic rings. The first-order valence-electron chi connectivity index (χ1n) is 7.56. The standard InChI is InChI=1S/C17H19N3O/c1-12-2-8-15(9-3-12)17-19-16(21-20-17)10-13-4-6-14(11-18)7-5-13/h4-7,12,15H,2-3,8-10H2,1H3. The van der Waals surface area contributed by atoms with Crippen molar-refractivity contribution in [2.24, 2.45) is 5.92 Å². The summed E-state index contributed by atoms with van der Waals surface area (Å²) in [6, 6.07) is 9.62. The van der Waals surface area contributed by atoms with E-state index in [0.29, 0.717) is 23.8 Å². The molecule has 1 aliphatic rings. The van der Waals surface area contributed by atoms with Crippen molar-refractivity contribution < 1.29 is 4.52 Å². The number of nitriles is 1. The minimum Gasteiger partial charge on any atom is -0.339 e. The monoisotopic (exact) mass is 281 g/mol. The van der Waals surface area contributed by atoms with Gasteiger partial charge in [0.1, 0.15) is 0 Å². The molecular weight excluding hydrogens is 262 g/mol. The Morgan fingerprint density at radius 3 is 2.57 bits per heavy atom. The molecule has 0 atom stereocenters. The van der Waals surface area contributed by atoms with Crippen molar-refractivity contribution in [2.45, 2.75) is 44.9 Å². The summed E-state index contributed by atoms with van der Waals surface area (Å²) in [6.45, 7) is 2.31. The van der Waals surface area contributed by atoms with Crippen molar-refractivity contribution >= 4 is 0 Å². The predicted molar refractivity (Wildman–Crippen MR) is 78.6 cm³/mol. The molecule has 108 valence electrons. The zero-order valence-corrected chi connectivity index (χ0v) is 12.2. The van der Waals surface area contributed by atoms with E-state index in [2.05, 4.69) is 23.1 Å². The first-order valence-corrected chi connectivity index (χ1v) is 7.56. The Bertz CT molecular complexity index is 631. The van der Waals surface area contributed by atoms with Crippen LogP contribution in [0.1, 0.15) is 61.4 Å². The van der Waals surface area contributed by atoms with Crippen molar-refractivity contribution in [3.8, 4) is 6.07 Å². The van der Waals surface area contributed by atoms with E-state index in [-0.39, 0.29) is 0 Å². The Morgan fingerprint density at radius 1 is 1.19 bits per heavy atom. The van der Waals surface area contributed by atoms with Crippen molar-refractivity contribution in [1.29, 1.82) is 5.26 Å². The molecule has 1 aromatic carbocycles. The lowest BCUT2D eigenvalue weighted by Gasteiger charge is -2.23. The fraction of sp³-hybridized carbons (Fsp3) is 0.471. The summed E-state index contributed by atoms with van der Waals surface area (Å²) >= 11 is 0. The van der Waals surface area contributed by atoms with E-state index >= 15 is 0 Å². The molecule has 1 saturated carbocycles. The van der Waals surface area contributed by atoms with Crippen LogP contribution in [0.5, 0.6) is 0 Å². The van der Waals surface area contributed by atoms with Gasteiger partial charge in [-0.2, -0.15) is 10.2 Å². The molecule has 0 radical (unpaired) electrons. The third-order valence-electron chi connectivity index (χ3n) is 4.30. The number of aromatic nitrogens is 2. The summed E-state index contributed by atoms with van der Waals surface area (Å²) in [6.07, 6.45) is 5.46. The fourth-order valence-corrected chi connectivity index (χ4v) is 2.90. The molecule has 4 nitrogen and oxygen atoms in total. The number of benzene rings is 1. The van der Waals surface area contributed by atoms with Crippen molar-refractivity contribution in [3.05, 3.63) is 47.1 Å². The fourth-order valence-electron chi connectivity index (χ4n) is 2.90. The van der Waals surface area contributed by atoms with Gasteiger partial charge in [-0.3, -0.25) is 0 Å². The van der Waals surface area contributed by atoms with Crippen molar-refractivity contribution in [2.75, 3.05) is 0 Å². The van der Waals surface area contributed by atoms with Gasteiger partial charge in [0.05, 0.1) is 18.1 Å². The van der Waals surface area contributed by atoms with Crippen LogP contribution >= 0.6 is 0 Å². The van der Waals surface area contributed by atoms with Gasteiger partial charge in [-0.1, -0.05) is 37.1 Å². The van der Waals surface area contributed by atoms with Gasteiger partial charge in [0, 0.05) is 5.92 Å². The van der Waals surface area contributed by atoms with Gasteiger partial charge in [-0.15, -0.1) is 0 Å². The van der Waals surface area contributed by atoms with Gasteiger partial charge in [0.15, 0.2) is 5.82 Å². The van der Waals surface area contributed by atoms with Crippen LogP contribution in [0.15, 0.2) is 28.8 Å². The summed E-state index contributed by atoms with van der Waals surface area (Å²) in [4.78, 5) is 4.55. The molecule has 3 rings (SSSR count). The normalized spacial score (nSPS) is 21.9. The molecule has 1 aromatic heterocycles. The lowest BCUT2D eigenvalue weighted by atomic mass is 9.83. The lowest BCUT2D eigenvalue weighted by Crippen LogP contribution is -2.12. The molecule has 0 unspecified atom stereocenters.